The third kappa shape index (κ3) is 2.05. The number of nitrogens with two attached hydrogens (primary N) is 1. The van der Waals surface area contributed by atoms with Gasteiger partial charge in [-0.15, -0.1) is 0 Å². The second kappa shape index (κ2) is 4.13. The van der Waals surface area contributed by atoms with Gasteiger partial charge in [0.1, 0.15) is 0 Å². The molecule has 0 bridgehead atoms. The summed E-state index contributed by atoms with van der Waals surface area (Å²) in [6.45, 7) is 7.74. The lowest BCUT2D eigenvalue weighted by Crippen LogP contribution is -2.10. The van der Waals surface area contributed by atoms with Crippen molar-refractivity contribution in [2.45, 2.75) is 19.8 Å². The molecule has 76 valence electrons. The summed E-state index contributed by atoms with van der Waals surface area (Å²) >= 11 is 0. The van der Waals surface area contributed by atoms with Gasteiger partial charge in [-0.25, -0.2) is 0 Å². The molecular formula is C11H17N3. The average Bonchev–Trinajstić information content (AvgIpc) is 2.16. The first-order valence-electron chi connectivity index (χ1n) is 4.66. The summed E-state index contributed by atoms with van der Waals surface area (Å²) in [6.07, 6.45) is 0. The molecule has 1 aromatic carbocycles. The Morgan fingerprint density at radius 3 is 2.50 bits per heavy atom. The lowest BCUT2D eigenvalue weighted by Gasteiger charge is -2.16. The molecule has 0 aliphatic carbocycles. The minimum absolute atomic E-state index is 0.494. The molecule has 3 nitrogen and oxygen atoms in total. The highest BCUT2D eigenvalue weighted by molar-refractivity contribution is 5.68. The molecule has 0 aliphatic heterocycles. The van der Waals surface area contributed by atoms with E-state index in [4.69, 9.17) is 5.73 Å². The number of hydrogen-bond donors (Lipinski definition) is 1. The number of hydrogen-bond acceptors (Lipinski definition) is 3. The van der Waals surface area contributed by atoms with Crippen molar-refractivity contribution in [2.75, 3.05) is 17.8 Å². The molecular weight excluding hydrogens is 174 g/mol. The van der Waals surface area contributed by atoms with Crippen molar-refractivity contribution in [3.8, 4) is 0 Å². The summed E-state index contributed by atoms with van der Waals surface area (Å²) in [5.41, 5.74) is 8.78. The molecule has 0 amide bonds. The molecule has 3 heteroatoms. The highest BCUT2D eigenvalue weighted by Gasteiger charge is 2.06. The van der Waals surface area contributed by atoms with Crippen LogP contribution in [-0.2, 0) is 0 Å². The predicted molar refractivity (Wildman–Crippen MR) is 62.9 cm³/mol. The molecule has 0 saturated heterocycles. The van der Waals surface area contributed by atoms with Gasteiger partial charge in [-0.2, -0.15) is 5.10 Å². The quantitative estimate of drug-likeness (QED) is 0.453. The van der Waals surface area contributed by atoms with E-state index in [-0.39, 0.29) is 0 Å². The van der Waals surface area contributed by atoms with Crippen LogP contribution in [0.2, 0.25) is 0 Å². The van der Waals surface area contributed by atoms with Crippen molar-refractivity contribution in [1.29, 1.82) is 0 Å². The van der Waals surface area contributed by atoms with Gasteiger partial charge >= 0.3 is 0 Å². The zero-order valence-electron chi connectivity index (χ0n) is 8.99. The summed E-state index contributed by atoms with van der Waals surface area (Å²) in [7, 11) is 1.83. The Hall–Kier alpha value is -1.51. The summed E-state index contributed by atoms with van der Waals surface area (Å²) in [4.78, 5) is 0. The first-order chi connectivity index (χ1) is 6.56. The molecule has 1 rings (SSSR count). The van der Waals surface area contributed by atoms with Crippen LogP contribution in [0, 0.1) is 0 Å². The highest BCUT2D eigenvalue weighted by Crippen LogP contribution is 2.26. The average molecular weight is 191 g/mol. The van der Waals surface area contributed by atoms with Crippen LogP contribution >= 0.6 is 0 Å². The number of hydrazone groups is 1. The topological polar surface area (TPSA) is 41.6 Å². The zero-order chi connectivity index (χ0) is 10.7. The van der Waals surface area contributed by atoms with E-state index in [0.717, 1.165) is 11.4 Å². The standard InChI is InChI=1S/C11H17N3/c1-8(2)9-5-6-11(10(12)7-9)14(4)13-3/h5-8H,3,12H2,1-2,4H3. The van der Waals surface area contributed by atoms with Gasteiger partial charge in [0.05, 0.1) is 11.4 Å². The maximum Gasteiger partial charge on any atom is 0.0819 e. The monoisotopic (exact) mass is 191 g/mol. The Balaban J connectivity index is 3.07. The summed E-state index contributed by atoms with van der Waals surface area (Å²) < 4.78 is 0. The van der Waals surface area contributed by atoms with Gasteiger partial charge in [-0.05, 0) is 23.6 Å². The van der Waals surface area contributed by atoms with Crippen molar-refractivity contribution >= 4 is 18.1 Å². The third-order valence-corrected chi connectivity index (χ3v) is 2.28. The van der Waals surface area contributed by atoms with Crippen LogP contribution in [0.25, 0.3) is 0 Å². The molecule has 0 spiro atoms. The van der Waals surface area contributed by atoms with Crippen LogP contribution in [0.1, 0.15) is 25.3 Å². The Labute approximate surface area is 85.2 Å². The molecule has 0 aromatic heterocycles. The van der Waals surface area contributed by atoms with E-state index in [1.165, 1.54) is 5.56 Å². The maximum absolute atomic E-state index is 5.91. The van der Waals surface area contributed by atoms with E-state index in [0.29, 0.717) is 5.92 Å². The normalized spacial score (nSPS) is 10.3. The van der Waals surface area contributed by atoms with Gasteiger partial charge in [-0.3, -0.25) is 5.01 Å². The van der Waals surface area contributed by atoms with Gasteiger partial charge in [0, 0.05) is 13.8 Å². The number of rotatable bonds is 3. The number of anilines is 2. The molecule has 14 heavy (non-hydrogen) atoms. The number of nitrogens with zero attached hydrogens (tertiary/aromatic N) is 2. The molecule has 0 atom stereocenters. The SMILES string of the molecule is C=NN(C)c1ccc(C(C)C)cc1N. The van der Waals surface area contributed by atoms with E-state index in [1.807, 2.05) is 19.2 Å². The van der Waals surface area contributed by atoms with Crippen molar-refractivity contribution in [2.24, 2.45) is 5.10 Å². The Morgan fingerprint density at radius 2 is 2.07 bits per heavy atom. The predicted octanol–water partition coefficient (Wildman–Crippen LogP) is 2.44. The van der Waals surface area contributed by atoms with E-state index >= 15 is 0 Å². The molecule has 0 unspecified atom stereocenters. The summed E-state index contributed by atoms with van der Waals surface area (Å²) in [5, 5.41) is 5.46. The summed E-state index contributed by atoms with van der Waals surface area (Å²) in [5.74, 6) is 0.494. The van der Waals surface area contributed by atoms with E-state index in [2.05, 4.69) is 31.7 Å². The fraction of sp³-hybridized carbons (Fsp3) is 0.364. The zero-order valence-corrected chi connectivity index (χ0v) is 8.99. The van der Waals surface area contributed by atoms with Crippen molar-refractivity contribution in [1.82, 2.24) is 0 Å². The van der Waals surface area contributed by atoms with E-state index < -0.39 is 0 Å². The van der Waals surface area contributed by atoms with Crippen LogP contribution in [0.15, 0.2) is 23.3 Å². The molecule has 0 saturated carbocycles. The van der Waals surface area contributed by atoms with Gasteiger partial charge in [0.2, 0.25) is 0 Å². The van der Waals surface area contributed by atoms with Crippen LogP contribution in [0.5, 0.6) is 0 Å². The molecule has 0 heterocycles. The van der Waals surface area contributed by atoms with Gasteiger partial charge in [0.15, 0.2) is 0 Å². The van der Waals surface area contributed by atoms with Gasteiger partial charge in [0.25, 0.3) is 0 Å². The largest absolute Gasteiger partial charge is 0.397 e. The minimum Gasteiger partial charge on any atom is -0.397 e. The third-order valence-electron chi connectivity index (χ3n) is 2.28. The Morgan fingerprint density at radius 1 is 1.43 bits per heavy atom. The van der Waals surface area contributed by atoms with Gasteiger partial charge in [-0.1, -0.05) is 19.9 Å². The maximum atomic E-state index is 5.91. The van der Waals surface area contributed by atoms with Crippen molar-refractivity contribution < 1.29 is 0 Å². The molecule has 0 radical (unpaired) electrons. The van der Waals surface area contributed by atoms with Crippen LogP contribution in [-0.4, -0.2) is 13.8 Å². The molecule has 0 aliphatic rings. The summed E-state index contributed by atoms with van der Waals surface area (Å²) in [6, 6.07) is 6.03. The van der Waals surface area contributed by atoms with Crippen molar-refractivity contribution in [3.63, 3.8) is 0 Å². The lowest BCUT2D eigenvalue weighted by molar-refractivity contribution is 0.866. The van der Waals surface area contributed by atoms with E-state index in [9.17, 15) is 0 Å². The lowest BCUT2D eigenvalue weighted by atomic mass is 10.0. The second-order valence-corrected chi connectivity index (χ2v) is 3.64. The Bertz CT molecular complexity index is 331. The number of nitrogen functional groups attached to an aromatic ring is 1. The van der Waals surface area contributed by atoms with Crippen LogP contribution < -0.4 is 10.7 Å². The van der Waals surface area contributed by atoms with Crippen molar-refractivity contribution in [3.05, 3.63) is 23.8 Å². The minimum atomic E-state index is 0.494. The molecule has 2 N–H and O–H groups in total. The first-order valence-corrected chi connectivity index (χ1v) is 4.66. The smallest absolute Gasteiger partial charge is 0.0819 e. The second-order valence-electron chi connectivity index (χ2n) is 3.64. The van der Waals surface area contributed by atoms with Crippen LogP contribution in [0.4, 0.5) is 11.4 Å². The highest BCUT2D eigenvalue weighted by atomic mass is 15.4. The fourth-order valence-electron chi connectivity index (χ4n) is 1.30. The molecule has 1 aromatic rings. The number of benzene rings is 1. The van der Waals surface area contributed by atoms with Gasteiger partial charge < -0.3 is 5.73 Å². The molecule has 0 fully saturated rings. The fourth-order valence-corrected chi connectivity index (χ4v) is 1.30. The first kappa shape index (κ1) is 10.6. The van der Waals surface area contributed by atoms with Crippen LogP contribution in [0.3, 0.4) is 0 Å². The van der Waals surface area contributed by atoms with E-state index in [1.54, 1.807) is 5.01 Å². The Kier molecular flexibility index (Phi) is 3.12.